The quantitative estimate of drug-likeness (QED) is 0.739. The lowest BCUT2D eigenvalue weighted by atomic mass is 10.1. The fourth-order valence-corrected chi connectivity index (χ4v) is 3.40. The van der Waals surface area contributed by atoms with Crippen molar-refractivity contribution < 1.29 is 4.79 Å². The van der Waals surface area contributed by atoms with Crippen LogP contribution in [0.4, 0.5) is 0 Å². The van der Waals surface area contributed by atoms with Crippen molar-refractivity contribution in [3.05, 3.63) is 71.7 Å². The molecule has 1 saturated heterocycles. The predicted molar refractivity (Wildman–Crippen MR) is 97.6 cm³/mol. The molecule has 1 aliphatic heterocycles. The fourth-order valence-electron chi connectivity index (χ4n) is 3.40. The zero-order valence-electron chi connectivity index (χ0n) is 14.4. The maximum absolute atomic E-state index is 12.6. The van der Waals surface area contributed by atoms with Gasteiger partial charge in [-0.1, -0.05) is 23.8 Å². The minimum absolute atomic E-state index is 0.137. The topological polar surface area (TPSA) is 40.9 Å². The number of nitrogens with zero attached hydrogens (tertiary/aromatic N) is 4. The molecule has 1 aliphatic rings. The summed E-state index contributed by atoms with van der Waals surface area (Å²) in [6.07, 6.45) is 3.99. The van der Waals surface area contributed by atoms with E-state index in [1.165, 1.54) is 5.69 Å². The average molecular weight is 334 g/mol. The highest BCUT2D eigenvalue weighted by Crippen LogP contribution is 2.14. The van der Waals surface area contributed by atoms with Gasteiger partial charge in [0.15, 0.2) is 0 Å². The van der Waals surface area contributed by atoms with E-state index < -0.39 is 0 Å². The van der Waals surface area contributed by atoms with Gasteiger partial charge in [0.1, 0.15) is 5.65 Å². The van der Waals surface area contributed by atoms with Crippen LogP contribution in [0.25, 0.3) is 5.65 Å². The Labute approximate surface area is 147 Å². The van der Waals surface area contributed by atoms with Crippen LogP contribution in [0.5, 0.6) is 0 Å². The van der Waals surface area contributed by atoms with Crippen LogP contribution < -0.4 is 0 Å². The third kappa shape index (κ3) is 3.28. The van der Waals surface area contributed by atoms with E-state index in [9.17, 15) is 4.79 Å². The van der Waals surface area contributed by atoms with E-state index in [0.29, 0.717) is 0 Å². The lowest BCUT2D eigenvalue weighted by molar-refractivity contribution is 0.0626. The number of hydrogen-bond donors (Lipinski definition) is 0. The highest BCUT2D eigenvalue weighted by Gasteiger charge is 2.22. The summed E-state index contributed by atoms with van der Waals surface area (Å²) in [4.78, 5) is 21.4. The van der Waals surface area contributed by atoms with Gasteiger partial charge in [0.05, 0.1) is 11.9 Å². The molecule has 0 aliphatic carbocycles. The van der Waals surface area contributed by atoms with Crippen molar-refractivity contribution in [3.8, 4) is 0 Å². The van der Waals surface area contributed by atoms with Gasteiger partial charge >= 0.3 is 0 Å². The summed E-state index contributed by atoms with van der Waals surface area (Å²) in [6, 6.07) is 13.9. The average Bonchev–Trinajstić information content (AvgIpc) is 3.05. The van der Waals surface area contributed by atoms with Gasteiger partial charge in [-0.2, -0.15) is 0 Å². The molecule has 3 heterocycles. The molecule has 5 nitrogen and oxygen atoms in total. The van der Waals surface area contributed by atoms with Gasteiger partial charge in [-0.15, -0.1) is 0 Å². The molecule has 2 aromatic heterocycles. The summed E-state index contributed by atoms with van der Waals surface area (Å²) in [5.41, 5.74) is 4.08. The molecule has 1 amide bonds. The first-order valence-electron chi connectivity index (χ1n) is 8.70. The number of hydrogen-bond acceptors (Lipinski definition) is 3. The van der Waals surface area contributed by atoms with Crippen molar-refractivity contribution in [1.82, 2.24) is 19.2 Å². The minimum Gasteiger partial charge on any atom is -0.336 e. The highest BCUT2D eigenvalue weighted by atomic mass is 16.2. The van der Waals surface area contributed by atoms with Crippen molar-refractivity contribution in [2.24, 2.45) is 0 Å². The van der Waals surface area contributed by atoms with Crippen LogP contribution in [0.2, 0.25) is 0 Å². The van der Waals surface area contributed by atoms with Crippen LogP contribution in [0, 0.1) is 6.92 Å². The minimum atomic E-state index is 0.137. The second-order valence-corrected chi connectivity index (χ2v) is 6.62. The van der Waals surface area contributed by atoms with Crippen molar-refractivity contribution in [1.29, 1.82) is 0 Å². The third-order valence-corrected chi connectivity index (χ3v) is 4.80. The molecular weight excluding hydrogens is 312 g/mol. The van der Waals surface area contributed by atoms with Gasteiger partial charge in [-0.3, -0.25) is 9.69 Å². The summed E-state index contributed by atoms with van der Waals surface area (Å²) < 4.78 is 2.13. The van der Waals surface area contributed by atoms with Crippen molar-refractivity contribution in [2.45, 2.75) is 13.5 Å². The molecule has 0 unspecified atom stereocenters. The largest absolute Gasteiger partial charge is 0.336 e. The molecule has 0 spiro atoms. The number of carbonyl (C=O) groups excluding carboxylic acids is 1. The van der Waals surface area contributed by atoms with Crippen LogP contribution in [0.3, 0.4) is 0 Å². The first-order chi connectivity index (χ1) is 12.2. The number of aryl methyl sites for hydroxylation is 1. The van der Waals surface area contributed by atoms with Crippen molar-refractivity contribution in [3.63, 3.8) is 0 Å². The molecule has 0 atom stereocenters. The van der Waals surface area contributed by atoms with Crippen molar-refractivity contribution in [2.75, 3.05) is 26.2 Å². The molecule has 25 heavy (non-hydrogen) atoms. The maximum atomic E-state index is 12.6. The summed E-state index contributed by atoms with van der Waals surface area (Å²) >= 11 is 0. The molecule has 128 valence electrons. The molecule has 1 fully saturated rings. The second kappa shape index (κ2) is 6.69. The van der Waals surface area contributed by atoms with Gasteiger partial charge in [-0.25, -0.2) is 4.98 Å². The summed E-state index contributed by atoms with van der Waals surface area (Å²) in [5, 5.41) is 0. The molecule has 0 radical (unpaired) electrons. The molecule has 1 aromatic carbocycles. The van der Waals surface area contributed by atoms with Crippen LogP contribution in [-0.2, 0) is 6.54 Å². The van der Waals surface area contributed by atoms with Gasteiger partial charge < -0.3 is 9.30 Å². The van der Waals surface area contributed by atoms with E-state index in [1.54, 1.807) is 0 Å². The molecule has 0 bridgehead atoms. The smallest absolute Gasteiger partial charge is 0.253 e. The van der Waals surface area contributed by atoms with Crippen LogP contribution in [0.15, 0.2) is 54.9 Å². The zero-order chi connectivity index (χ0) is 17.2. The SMILES string of the molecule is Cc1cccc(C(=O)N2CCN(Cc3cnc4ccccn34)CC2)c1. The van der Waals surface area contributed by atoms with E-state index in [-0.39, 0.29) is 5.91 Å². The molecule has 0 saturated carbocycles. The van der Waals surface area contributed by atoms with Gasteiger partial charge in [0.25, 0.3) is 5.91 Å². The van der Waals surface area contributed by atoms with E-state index in [2.05, 4.69) is 20.5 Å². The molecule has 4 rings (SSSR count). The third-order valence-electron chi connectivity index (χ3n) is 4.80. The first kappa shape index (κ1) is 15.8. The van der Waals surface area contributed by atoms with E-state index in [4.69, 9.17) is 0 Å². The van der Waals surface area contributed by atoms with Crippen LogP contribution in [0.1, 0.15) is 21.6 Å². The number of aromatic nitrogens is 2. The molecular formula is C20H22N4O. The van der Waals surface area contributed by atoms with Crippen LogP contribution in [-0.4, -0.2) is 51.3 Å². The number of fused-ring (bicyclic) bond motifs is 1. The monoisotopic (exact) mass is 334 g/mol. The lowest BCUT2D eigenvalue weighted by Gasteiger charge is -2.34. The summed E-state index contributed by atoms with van der Waals surface area (Å²) in [5.74, 6) is 0.137. The van der Waals surface area contributed by atoms with Crippen molar-refractivity contribution >= 4 is 11.6 Å². The highest BCUT2D eigenvalue weighted by molar-refractivity contribution is 5.94. The number of piperazine rings is 1. The zero-order valence-corrected chi connectivity index (χ0v) is 14.4. The van der Waals surface area contributed by atoms with E-state index in [1.807, 2.05) is 60.5 Å². The first-order valence-corrected chi connectivity index (χ1v) is 8.70. The van der Waals surface area contributed by atoms with E-state index >= 15 is 0 Å². The number of imidazole rings is 1. The number of benzene rings is 1. The Hall–Kier alpha value is -2.66. The normalized spacial score (nSPS) is 15.6. The second-order valence-electron chi connectivity index (χ2n) is 6.62. The number of carbonyl (C=O) groups is 1. The Morgan fingerprint density at radius 2 is 1.92 bits per heavy atom. The predicted octanol–water partition coefficient (Wildman–Crippen LogP) is 2.60. The Bertz CT molecular complexity index is 893. The fraction of sp³-hybridized carbons (Fsp3) is 0.300. The van der Waals surface area contributed by atoms with Gasteiger partial charge in [-0.05, 0) is 31.2 Å². The summed E-state index contributed by atoms with van der Waals surface area (Å²) in [7, 11) is 0. The molecule has 0 N–H and O–H groups in total. The van der Waals surface area contributed by atoms with Gasteiger partial charge in [0.2, 0.25) is 0 Å². The molecule has 3 aromatic rings. The summed E-state index contributed by atoms with van der Waals surface area (Å²) in [6.45, 7) is 6.19. The Morgan fingerprint density at radius 3 is 2.72 bits per heavy atom. The Kier molecular flexibility index (Phi) is 4.24. The Morgan fingerprint density at radius 1 is 1.08 bits per heavy atom. The van der Waals surface area contributed by atoms with Gasteiger partial charge in [0, 0.05) is 44.5 Å². The van der Waals surface area contributed by atoms with E-state index in [0.717, 1.165) is 49.5 Å². The standard InChI is InChI=1S/C20H22N4O/c1-16-5-4-6-17(13-16)20(25)23-11-9-22(10-12-23)15-18-14-21-19-7-2-3-8-24(18)19/h2-8,13-14H,9-12,15H2,1H3. The number of rotatable bonds is 3. The lowest BCUT2D eigenvalue weighted by Crippen LogP contribution is -2.48. The molecule has 5 heteroatoms. The number of pyridine rings is 1. The number of amides is 1. The Balaban J connectivity index is 1.39. The maximum Gasteiger partial charge on any atom is 0.253 e. The van der Waals surface area contributed by atoms with Crippen LogP contribution >= 0.6 is 0 Å².